The molecule has 0 fully saturated rings. The van der Waals surface area contributed by atoms with Gasteiger partial charge in [-0.05, 0) is 12.1 Å². The molecule has 0 spiro atoms. The number of H-pyrrole nitrogens is 1. The van der Waals surface area contributed by atoms with Crippen molar-refractivity contribution in [1.29, 1.82) is 0 Å². The molecule has 12 heteroatoms. The van der Waals surface area contributed by atoms with Crippen molar-refractivity contribution in [1.82, 2.24) is 24.7 Å². The summed E-state index contributed by atoms with van der Waals surface area (Å²) in [7, 11) is 4.41. The van der Waals surface area contributed by atoms with Gasteiger partial charge in [0.2, 0.25) is 0 Å². The van der Waals surface area contributed by atoms with E-state index < -0.39 is 17.3 Å². The van der Waals surface area contributed by atoms with Crippen molar-refractivity contribution < 1.29 is 18.3 Å². The molecule has 4 aromatic rings. The van der Waals surface area contributed by atoms with Crippen LogP contribution in [0.4, 0.5) is 31.8 Å². The summed E-state index contributed by atoms with van der Waals surface area (Å²) in [4.78, 5) is 22.3. The van der Waals surface area contributed by atoms with Crippen LogP contribution in [-0.2, 0) is 13.6 Å². The maximum atomic E-state index is 15.5. The number of hydrogen-bond donors (Lipinski definition) is 1. The molecule has 0 unspecified atom stereocenters. The zero-order valence-corrected chi connectivity index (χ0v) is 19.7. The van der Waals surface area contributed by atoms with E-state index in [1.165, 1.54) is 19.1 Å². The van der Waals surface area contributed by atoms with Crippen LogP contribution in [0.3, 0.4) is 0 Å². The number of halogens is 2. The fourth-order valence-corrected chi connectivity index (χ4v) is 3.84. The van der Waals surface area contributed by atoms with Crippen LogP contribution in [0, 0.1) is 11.6 Å². The number of methoxy groups -OCH3 is 2. The molecule has 0 amide bonds. The number of anilines is 2. The Bertz CT molecular complexity index is 1440. The standard InChI is InChI=1S/C24H22F2N8O2/c1-33-12-14(11-30-33)15-6-7-27-16-4-5-20(32-24(16)31-15)34(13-19-28-8-9-29-19)23-21(25)17(35-2)10-18(36-3)22(23)26/h4-5,7-12H,6,13H2,1-3H3,(H,28,29). The molecular weight excluding hydrogens is 470 g/mol. The predicted octanol–water partition coefficient (Wildman–Crippen LogP) is 4.40. The monoisotopic (exact) mass is 492 g/mol. The molecule has 0 aliphatic carbocycles. The van der Waals surface area contributed by atoms with Gasteiger partial charge in [-0.3, -0.25) is 9.67 Å². The first-order valence-electron chi connectivity index (χ1n) is 10.9. The molecule has 36 heavy (non-hydrogen) atoms. The summed E-state index contributed by atoms with van der Waals surface area (Å²) in [6.45, 7) is -0.0224. The third-order valence-corrected chi connectivity index (χ3v) is 5.59. The van der Waals surface area contributed by atoms with E-state index in [1.54, 1.807) is 41.6 Å². The Hall–Kier alpha value is -4.61. The number of rotatable bonds is 7. The van der Waals surface area contributed by atoms with E-state index in [1.807, 2.05) is 13.2 Å². The average molecular weight is 492 g/mol. The lowest BCUT2D eigenvalue weighted by Crippen LogP contribution is -2.22. The Morgan fingerprint density at radius 1 is 1.14 bits per heavy atom. The van der Waals surface area contributed by atoms with Gasteiger partial charge in [0.15, 0.2) is 29.0 Å². The molecule has 5 rings (SSSR count). The van der Waals surface area contributed by atoms with Gasteiger partial charge in [-0.15, -0.1) is 0 Å². The molecule has 4 heterocycles. The molecule has 184 valence electrons. The minimum Gasteiger partial charge on any atom is -0.493 e. The summed E-state index contributed by atoms with van der Waals surface area (Å²) in [5.74, 6) is -1.17. The second-order valence-corrected chi connectivity index (χ2v) is 7.87. The van der Waals surface area contributed by atoms with Crippen molar-refractivity contribution in [2.45, 2.75) is 13.0 Å². The smallest absolute Gasteiger partial charge is 0.191 e. The number of hydrogen-bond acceptors (Lipinski definition) is 8. The number of aromatic nitrogens is 5. The predicted molar refractivity (Wildman–Crippen MR) is 130 cm³/mol. The largest absolute Gasteiger partial charge is 0.493 e. The van der Waals surface area contributed by atoms with Crippen LogP contribution < -0.4 is 14.4 Å². The number of aromatic amines is 1. The molecule has 0 atom stereocenters. The molecule has 0 bridgehead atoms. The van der Waals surface area contributed by atoms with Crippen molar-refractivity contribution in [3.05, 3.63) is 66.0 Å². The quantitative estimate of drug-likeness (QED) is 0.410. The summed E-state index contributed by atoms with van der Waals surface area (Å²) >= 11 is 0. The first-order valence-corrected chi connectivity index (χ1v) is 10.9. The van der Waals surface area contributed by atoms with Crippen LogP contribution in [0.25, 0.3) is 0 Å². The number of nitrogens with zero attached hydrogens (tertiary/aromatic N) is 7. The lowest BCUT2D eigenvalue weighted by Gasteiger charge is -2.25. The Morgan fingerprint density at radius 2 is 1.92 bits per heavy atom. The van der Waals surface area contributed by atoms with E-state index in [2.05, 4.69) is 25.0 Å². The Kier molecular flexibility index (Phi) is 6.15. The van der Waals surface area contributed by atoms with Gasteiger partial charge in [0.25, 0.3) is 0 Å². The van der Waals surface area contributed by atoms with Crippen molar-refractivity contribution in [2.24, 2.45) is 17.0 Å². The zero-order chi connectivity index (χ0) is 25.2. The van der Waals surface area contributed by atoms with E-state index in [0.717, 1.165) is 11.6 Å². The molecular formula is C24H22F2N8O2. The molecule has 0 radical (unpaired) electrons. The molecule has 1 aromatic carbocycles. The number of aryl methyl sites for hydroxylation is 1. The zero-order valence-electron chi connectivity index (χ0n) is 19.7. The highest BCUT2D eigenvalue weighted by Gasteiger charge is 2.28. The summed E-state index contributed by atoms with van der Waals surface area (Å²) in [5.41, 5.74) is 1.67. The number of imidazole rings is 1. The first kappa shape index (κ1) is 23.1. The molecule has 1 N–H and O–H groups in total. The third-order valence-electron chi connectivity index (χ3n) is 5.59. The number of fused-ring (bicyclic) bond motifs is 1. The van der Waals surface area contributed by atoms with Gasteiger partial charge in [0.05, 0.1) is 32.7 Å². The summed E-state index contributed by atoms with van der Waals surface area (Å²) in [6, 6.07) is 4.48. The van der Waals surface area contributed by atoms with Gasteiger partial charge in [-0.25, -0.2) is 23.7 Å². The Morgan fingerprint density at radius 3 is 2.56 bits per heavy atom. The van der Waals surface area contributed by atoms with Crippen molar-refractivity contribution in [3.8, 4) is 11.5 Å². The molecule has 10 nitrogen and oxygen atoms in total. The second kappa shape index (κ2) is 9.56. The highest BCUT2D eigenvalue weighted by Crippen LogP contribution is 2.41. The number of pyridine rings is 1. The van der Waals surface area contributed by atoms with Gasteiger partial charge in [0.1, 0.15) is 23.0 Å². The highest BCUT2D eigenvalue weighted by atomic mass is 19.1. The lowest BCUT2D eigenvalue weighted by atomic mass is 10.2. The first-order chi connectivity index (χ1) is 17.5. The van der Waals surface area contributed by atoms with E-state index >= 15 is 8.78 Å². The van der Waals surface area contributed by atoms with E-state index in [-0.39, 0.29) is 23.9 Å². The van der Waals surface area contributed by atoms with Crippen LogP contribution in [0.5, 0.6) is 11.5 Å². The topological polar surface area (TPSA) is 106 Å². The molecule has 0 saturated carbocycles. The maximum absolute atomic E-state index is 15.5. The molecule has 0 saturated heterocycles. The Labute approximate surface area is 205 Å². The van der Waals surface area contributed by atoms with Gasteiger partial charge < -0.3 is 19.4 Å². The summed E-state index contributed by atoms with van der Waals surface area (Å²) < 4.78 is 43.0. The number of nitrogens with one attached hydrogen (secondary N) is 1. The number of benzene rings is 1. The number of aliphatic imine (C=N–C) groups is 2. The van der Waals surface area contributed by atoms with E-state index in [4.69, 9.17) is 14.5 Å². The molecule has 3 aromatic heterocycles. The minimum atomic E-state index is -0.906. The Balaban J connectivity index is 1.67. The number of ether oxygens (including phenoxy) is 2. The maximum Gasteiger partial charge on any atom is 0.191 e. The van der Waals surface area contributed by atoms with Crippen LogP contribution in [0.2, 0.25) is 0 Å². The molecule has 1 aliphatic heterocycles. The van der Waals surface area contributed by atoms with Gasteiger partial charge in [0, 0.05) is 49.9 Å². The molecule has 1 aliphatic rings. The lowest BCUT2D eigenvalue weighted by molar-refractivity contribution is 0.358. The minimum absolute atomic E-state index is 0.0224. The van der Waals surface area contributed by atoms with Crippen molar-refractivity contribution >= 4 is 34.9 Å². The van der Waals surface area contributed by atoms with Crippen LogP contribution in [0.15, 0.2) is 53.0 Å². The van der Waals surface area contributed by atoms with E-state index in [0.29, 0.717) is 29.5 Å². The van der Waals surface area contributed by atoms with Gasteiger partial charge >= 0.3 is 0 Å². The van der Waals surface area contributed by atoms with E-state index in [9.17, 15) is 0 Å². The fraction of sp³-hybridized carbons (Fsp3) is 0.208. The normalized spacial score (nSPS) is 12.6. The second-order valence-electron chi connectivity index (χ2n) is 7.87. The SMILES string of the molecule is COc1cc(OC)c(F)c(N(Cc2ncc[nH]2)c2ccc3c(n2)N=C(c2cnn(C)c2)CC=N3)c1F. The van der Waals surface area contributed by atoms with Gasteiger partial charge in [-0.2, -0.15) is 5.10 Å². The van der Waals surface area contributed by atoms with Crippen LogP contribution in [0.1, 0.15) is 17.8 Å². The highest BCUT2D eigenvalue weighted by molar-refractivity contribution is 6.09. The fourth-order valence-electron chi connectivity index (χ4n) is 3.84. The van der Waals surface area contributed by atoms with Crippen molar-refractivity contribution in [3.63, 3.8) is 0 Å². The third kappa shape index (κ3) is 4.28. The average Bonchev–Trinajstić information content (AvgIpc) is 3.50. The van der Waals surface area contributed by atoms with Gasteiger partial charge in [-0.1, -0.05) is 0 Å². The van der Waals surface area contributed by atoms with Crippen molar-refractivity contribution in [2.75, 3.05) is 19.1 Å². The summed E-state index contributed by atoms with van der Waals surface area (Å²) in [5, 5.41) is 4.20. The van der Waals surface area contributed by atoms with Crippen LogP contribution >= 0.6 is 0 Å². The van der Waals surface area contributed by atoms with Crippen LogP contribution in [-0.4, -0.2) is 50.9 Å². The summed E-state index contributed by atoms with van der Waals surface area (Å²) in [6.07, 6.45) is 8.94.